The van der Waals surface area contributed by atoms with E-state index in [1.165, 1.54) is 5.56 Å². The molecule has 1 aromatic carbocycles. The summed E-state index contributed by atoms with van der Waals surface area (Å²) in [5.41, 5.74) is 5.29. The van der Waals surface area contributed by atoms with E-state index >= 15 is 0 Å². The number of hydrogen-bond acceptors (Lipinski definition) is 1. The first kappa shape index (κ1) is 13.4. The lowest BCUT2D eigenvalue weighted by Gasteiger charge is -1.99. The molecule has 0 saturated heterocycles. The van der Waals surface area contributed by atoms with E-state index in [2.05, 4.69) is 53.6 Å². The molecule has 3 nitrogen and oxygen atoms in total. The van der Waals surface area contributed by atoms with Gasteiger partial charge in [0.2, 0.25) is 5.11 Å². The molecule has 0 bridgehead atoms. The van der Waals surface area contributed by atoms with Crippen LogP contribution in [0, 0.1) is 0 Å². The highest BCUT2D eigenvalue weighted by molar-refractivity contribution is 7.80. The number of thiocarbonyl (C=S) groups is 1. The fourth-order valence-electron chi connectivity index (χ4n) is 1.24. The molecular formula is C13H18N3S+. The van der Waals surface area contributed by atoms with Gasteiger partial charge in [-0.1, -0.05) is 25.1 Å². The first-order valence-electron chi connectivity index (χ1n) is 5.58. The third kappa shape index (κ3) is 5.26. The van der Waals surface area contributed by atoms with Crippen LogP contribution in [0.1, 0.15) is 18.1 Å². The molecular weight excluding hydrogens is 230 g/mol. The summed E-state index contributed by atoms with van der Waals surface area (Å²) >= 11 is 5.02. The topological polar surface area (TPSA) is 38.0 Å². The Kier molecular flexibility index (Phi) is 5.96. The van der Waals surface area contributed by atoms with Crippen LogP contribution in [-0.4, -0.2) is 17.9 Å². The van der Waals surface area contributed by atoms with Crippen molar-refractivity contribution in [2.24, 2.45) is 0 Å². The van der Waals surface area contributed by atoms with E-state index in [1.807, 2.05) is 6.21 Å². The van der Waals surface area contributed by atoms with Gasteiger partial charge in [0.25, 0.3) is 0 Å². The highest BCUT2D eigenvalue weighted by Gasteiger charge is 1.95. The van der Waals surface area contributed by atoms with Gasteiger partial charge in [-0.15, -0.1) is 17.1 Å². The van der Waals surface area contributed by atoms with E-state index in [0.717, 1.165) is 12.0 Å². The summed E-state index contributed by atoms with van der Waals surface area (Å²) in [4.78, 5) is 0. The third-order valence-electron chi connectivity index (χ3n) is 2.22. The predicted octanol–water partition coefficient (Wildman–Crippen LogP) is 0.314. The maximum absolute atomic E-state index is 5.02. The number of nitrogens with one attached hydrogen (secondary N) is 3. The van der Waals surface area contributed by atoms with Crippen LogP contribution in [0.2, 0.25) is 0 Å². The molecule has 0 spiro atoms. The van der Waals surface area contributed by atoms with Crippen molar-refractivity contribution in [2.75, 3.05) is 6.54 Å². The summed E-state index contributed by atoms with van der Waals surface area (Å²) in [6, 6.07) is 8.35. The molecule has 0 aliphatic heterocycles. The van der Waals surface area contributed by atoms with Gasteiger partial charge in [0.15, 0.2) is 6.21 Å². The lowest BCUT2D eigenvalue weighted by Crippen LogP contribution is -2.82. The van der Waals surface area contributed by atoms with Gasteiger partial charge in [0.1, 0.15) is 0 Å². The predicted molar refractivity (Wildman–Crippen MR) is 75.9 cm³/mol. The van der Waals surface area contributed by atoms with Crippen molar-refractivity contribution in [2.45, 2.75) is 13.3 Å². The Hall–Kier alpha value is -1.68. The smallest absolute Gasteiger partial charge is 0.224 e. The molecule has 0 aliphatic carbocycles. The first-order chi connectivity index (χ1) is 8.26. The van der Waals surface area contributed by atoms with Crippen LogP contribution in [0.5, 0.6) is 0 Å². The molecule has 0 radical (unpaired) electrons. The average molecular weight is 248 g/mol. The van der Waals surface area contributed by atoms with Crippen molar-refractivity contribution in [3.8, 4) is 0 Å². The van der Waals surface area contributed by atoms with Gasteiger partial charge in [-0.05, 0) is 36.3 Å². The van der Waals surface area contributed by atoms with E-state index in [-0.39, 0.29) is 0 Å². The van der Waals surface area contributed by atoms with Crippen molar-refractivity contribution in [1.82, 2.24) is 10.7 Å². The summed E-state index contributed by atoms with van der Waals surface area (Å²) < 4.78 is 0. The fourth-order valence-corrected chi connectivity index (χ4v) is 1.39. The molecule has 4 heteroatoms. The Labute approximate surface area is 108 Å². The molecule has 0 aliphatic rings. The maximum atomic E-state index is 5.02. The largest absolute Gasteiger partial charge is 0.355 e. The molecule has 0 aromatic heterocycles. The Bertz CT molecular complexity index is 396. The van der Waals surface area contributed by atoms with E-state index in [9.17, 15) is 0 Å². The van der Waals surface area contributed by atoms with Gasteiger partial charge in [-0.3, -0.25) is 0 Å². The Morgan fingerprint density at radius 1 is 1.41 bits per heavy atom. The summed E-state index contributed by atoms with van der Waals surface area (Å²) in [7, 11) is 0. The van der Waals surface area contributed by atoms with Gasteiger partial charge in [-0.2, -0.15) is 0 Å². The van der Waals surface area contributed by atoms with Gasteiger partial charge in [-0.25, -0.2) is 0 Å². The third-order valence-corrected chi connectivity index (χ3v) is 2.47. The molecule has 0 heterocycles. The molecule has 90 valence electrons. The van der Waals surface area contributed by atoms with Gasteiger partial charge in [0, 0.05) is 12.1 Å². The van der Waals surface area contributed by atoms with Crippen molar-refractivity contribution in [3.63, 3.8) is 0 Å². The van der Waals surface area contributed by atoms with Crippen LogP contribution in [0.25, 0.3) is 0 Å². The molecule has 0 unspecified atom stereocenters. The van der Waals surface area contributed by atoms with Crippen molar-refractivity contribution >= 4 is 23.5 Å². The number of aryl methyl sites for hydroxylation is 1. The van der Waals surface area contributed by atoms with Crippen LogP contribution < -0.4 is 15.8 Å². The van der Waals surface area contributed by atoms with E-state index in [0.29, 0.717) is 11.7 Å². The minimum Gasteiger partial charge on any atom is -0.355 e. The molecule has 3 N–H and O–H groups in total. The molecule has 1 aromatic rings. The summed E-state index contributed by atoms with van der Waals surface area (Å²) in [6.45, 7) is 6.39. The number of hydrazine groups is 1. The molecule has 0 atom stereocenters. The quantitative estimate of drug-likeness (QED) is 0.304. The number of hydrazone groups is 1. The van der Waals surface area contributed by atoms with Crippen molar-refractivity contribution in [1.29, 1.82) is 0 Å². The Morgan fingerprint density at radius 2 is 2.12 bits per heavy atom. The Balaban J connectivity index is 2.42. The molecule has 0 fully saturated rings. The van der Waals surface area contributed by atoms with Crippen LogP contribution in [0.15, 0.2) is 36.9 Å². The minimum atomic E-state index is 0.548. The highest BCUT2D eigenvalue weighted by atomic mass is 32.1. The Morgan fingerprint density at radius 3 is 2.71 bits per heavy atom. The van der Waals surface area contributed by atoms with Gasteiger partial charge >= 0.3 is 0 Å². The molecule has 1 rings (SSSR count). The summed E-state index contributed by atoms with van der Waals surface area (Å²) in [5.74, 6) is 0. The normalized spacial score (nSPS) is 10.2. The second-order valence-electron chi connectivity index (χ2n) is 3.51. The monoisotopic (exact) mass is 248 g/mol. The lowest BCUT2D eigenvalue weighted by molar-refractivity contribution is -0.500. The second-order valence-corrected chi connectivity index (χ2v) is 3.92. The van der Waals surface area contributed by atoms with Crippen molar-refractivity contribution in [3.05, 3.63) is 48.0 Å². The maximum Gasteiger partial charge on any atom is 0.224 e. The zero-order chi connectivity index (χ0) is 12.5. The second kappa shape index (κ2) is 7.57. The van der Waals surface area contributed by atoms with E-state index in [4.69, 9.17) is 12.2 Å². The van der Waals surface area contributed by atoms with Crippen LogP contribution in [-0.2, 0) is 6.42 Å². The van der Waals surface area contributed by atoms with E-state index < -0.39 is 0 Å². The van der Waals surface area contributed by atoms with Crippen LogP contribution >= 0.6 is 12.2 Å². The summed E-state index contributed by atoms with van der Waals surface area (Å²) in [5, 5.41) is 6.44. The standard InChI is InChI=1S/C13H17N3S/c1-3-9-14-13(17)16-15-10-12-7-5-11(4-2)6-8-12/h3,5-8,10H,1,4,9H2,2H3,(H2,14,16,17)/p+1. The SMILES string of the molecule is C=CCNC(=S)N[NH+]=Cc1ccc(CC)cc1. The summed E-state index contributed by atoms with van der Waals surface area (Å²) in [6.07, 6.45) is 4.67. The first-order valence-corrected chi connectivity index (χ1v) is 5.99. The lowest BCUT2D eigenvalue weighted by atomic mass is 10.1. The van der Waals surface area contributed by atoms with E-state index in [1.54, 1.807) is 6.08 Å². The zero-order valence-electron chi connectivity index (χ0n) is 9.99. The molecule has 17 heavy (non-hydrogen) atoms. The highest BCUT2D eigenvalue weighted by Crippen LogP contribution is 2.01. The average Bonchev–Trinajstić information content (AvgIpc) is 2.37. The number of rotatable bonds is 5. The van der Waals surface area contributed by atoms with Gasteiger partial charge < -0.3 is 5.32 Å². The fraction of sp³-hybridized carbons (Fsp3) is 0.231. The molecule has 0 saturated carbocycles. The van der Waals surface area contributed by atoms with Crippen LogP contribution in [0.4, 0.5) is 0 Å². The minimum absolute atomic E-state index is 0.548. The molecule has 0 amide bonds. The number of benzene rings is 1. The number of hydrogen-bond donors (Lipinski definition) is 3. The van der Waals surface area contributed by atoms with Crippen LogP contribution in [0.3, 0.4) is 0 Å². The zero-order valence-corrected chi connectivity index (χ0v) is 10.8. The van der Waals surface area contributed by atoms with Gasteiger partial charge in [0.05, 0.1) is 0 Å². The van der Waals surface area contributed by atoms with Crippen molar-refractivity contribution < 1.29 is 5.10 Å².